The molecule has 2 aromatic rings. The second-order valence-electron chi connectivity index (χ2n) is 5.32. The van der Waals surface area contributed by atoms with Crippen molar-refractivity contribution in [2.45, 2.75) is 19.4 Å². The van der Waals surface area contributed by atoms with Crippen molar-refractivity contribution in [1.29, 1.82) is 0 Å². The second-order valence-corrected chi connectivity index (χ2v) is 5.32. The zero-order valence-electron chi connectivity index (χ0n) is 13.0. The summed E-state index contributed by atoms with van der Waals surface area (Å²) in [7, 11) is 0. The maximum Gasteiger partial charge on any atom is 0.267 e. The van der Waals surface area contributed by atoms with Crippen LogP contribution in [0.3, 0.4) is 0 Å². The molecule has 0 saturated heterocycles. The van der Waals surface area contributed by atoms with Gasteiger partial charge in [0.15, 0.2) is 0 Å². The Balaban J connectivity index is 1.68. The van der Waals surface area contributed by atoms with Crippen molar-refractivity contribution in [3.8, 4) is 0 Å². The Morgan fingerprint density at radius 2 is 1.74 bits per heavy atom. The molecule has 0 atom stereocenters. The Hall–Kier alpha value is -2.43. The van der Waals surface area contributed by atoms with Gasteiger partial charge in [-0.15, -0.1) is 0 Å². The first kappa shape index (κ1) is 16.9. The molecule has 0 unspecified atom stereocenters. The number of aryl methyl sites for hydroxylation is 1. The number of hydrogen-bond donors (Lipinski definition) is 3. The molecule has 1 amide bonds. The molecule has 2 aromatic carbocycles. The SMILES string of the molecule is O=C(/C=C/c1ccc(CNCCCc2ccccc2)cc1)NO. The van der Waals surface area contributed by atoms with E-state index in [1.54, 1.807) is 11.6 Å². The minimum atomic E-state index is -0.533. The van der Waals surface area contributed by atoms with E-state index in [1.165, 1.54) is 17.2 Å². The summed E-state index contributed by atoms with van der Waals surface area (Å²) < 4.78 is 0. The maximum absolute atomic E-state index is 10.9. The highest BCUT2D eigenvalue weighted by Gasteiger charge is 1.95. The summed E-state index contributed by atoms with van der Waals surface area (Å²) in [5.41, 5.74) is 5.06. The third-order valence-corrected chi connectivity index (χ3v) is 3.51. The molecule has 0 aliphatic rings. The predicted molar refractivity (Wildman–Crippen MR) is 91.9 cm³/mol. The van der Waals surface area contributed by atoms with Crippen molar-refractivity contribution >= 4 is 12.0 Å². The molecule has 2 rings (SSSR count). The van der Waals surface area contributed by atoms with Crippen LogP contribution in [0.15, 0.2) is 60.7 Å². The number of amides is 1. The molecular formula is C19H22N2O2. The Labute approximate surface area is 136 Å². The summed E-state index contributed by atoms with van der Waals surface area (Å²) in [5, 5.41) is 11.8. The van der Waals surface area contributed by atoms with Crippen molar-refractivity contribution in [3.05, 3.63) is 77.4 Å². The molecule has 0 aromatic heterocycles. The van der Waals surface area contributed by atoms with Gasteiger partial charge in [0.05, 0.1) is 0 Å². The Bertz CT molecular complexity index is 622. The van der Waals surface area contributed by atoms with Gasteiger partial charge < -0.3 is 5.32 Å². The molecule has 0 spiro atoms. The van der Waals surface area contributed by atoms with Gasteiger partial charge in [-0.1, -0.05) is 54.6 Å². The number of carbonyl (C=O) groups is 1. The monoisotopic (exact) mass is 310 g/mol. The molecule has 4 heteroatoms. The lowest BCUT2D eigenvalue weighted by molar-refractivity contribution is -0.124. The van der Waals surface area contributed by atoms with Crippen LogP contribution in [0.1, 0.15) is 23.1 Å². The fourth-order valence-corrected chi connectivity index (χ4v) is 2.25. The lowest BCUT2D eigenvalue weighted by Gasteiger charge is -2.06. The molecule has 0 fully saturated rings. The first-order chi connectivity index (χ1) is 11.3. The van der Waals surface area contributed by atoms with Gasteiger partial charge in [-0.05, 0) is 42.2 Å². The largest absolute Gasteiger partial charge is 0.313 e. The molecule has 120 valence electrons. The summed E-state index contributed by atoms with van der Waals surface area (Å²) in [4.78, 5) is 10.9. The number of hydrogen-bond acceptors (Lipinski definition) is 3. The van der Waals surface area contributed by atoms with E-state index in [9.17, 15) is 4.79 Å². The van der Waals surface area contributed by atoms with Crippen molar-refractivity contribution in [1.82, 2.24) is 10.8 Å². The standard InChI is InChI=1S/C19H22N2O2/c22-19(21-23)13-12-17-8-10-18(11-9-17)15-20-14-4-7-16-5-2-1-3-6-16/h1-3,5-6,8-13,20,23H,4,7,14-15H2,(H,21,22)/b13-12+. The maximum atomic E-state index is 10.9. The highest BCUT2D eigenvalue weighted by atomic mass is 16.5. The lowest BCUT2D eigenvalue weighted by atomic mass is 10.1. The Morgan fingerprint density at radius 3 is 2.43 bits per heavy atom. The van der Waals surface area contributed by atoms with E-state index < -0.39 is 5.91 Å². The fraction of sp³-hybridized carbons (Fsp3) is 0.211. The quantitative estimate of drug-likeness (QED) is 0.304. The smallest absolute Gasteiger partial charge is 0.267 e. The first-order valence-corrected chi connectivity index (χ1v) is 7.73. The number of hydroxylamine groups is 1. The second kappa shape index (κ2) is 9.56. The molecule has 23 heavy (non-hydrogen) atoms. The van der Waals surface area contributed by atoms with Crippen LogP contribution in [-0.4, -0.2) is 17.7 Å². The molecule has 0 heterocycles. The van der Waals surface area contributed by atoms with Crippen molar-refractivity contribution in [2.24, 2.45) is 0 Å². The Kier molecular flexibility index (Phi) is 7.04. The normalized spacial score (nSPS) is 10.8. The molecule has 0 aliphatic carbocycles. The van der Waals surface area contributed by atoms with E-state index in [1.807, 2.05) is 30.3 Å². The molecule has 0 saturated carbocycles. The topological polar surface area (TPSA) is 61.4 Å². The van der Waals surface area contributed by atoms with Crippen LogP contribution in [0.25, 0.3) is 6.08 Å². The Morgan fingerprint density at radius 1 is 1.00 bits per heavy atom. The number of benzene rings is 2. The zero-order chi connectivity index (χ0) is 16.3. The van der Waals surface area contributed by atoms with Gasteiger partial charge >= 0.3 is 0 Å². The van der Waals surface area contributed by atoms with E-state index in [2.05, 4.69) is 29.6 Å². The summed E-state index contributed by atoms with van der Waals surface area (Å²) in [6.45, 7) is 1.81. The van der Waals surface area contributed by atoms with Crippen LogP contribution in [0.2, 0.25) is 0 Å². The first-order valence-electron chi connectivity index (χ1n) is 7.73. The van der Waals surface area contributed by atoms with Crippen LogP contribution in [-0.2, 0) is 17.8 Å². The van der Waals surface area contributed by atoms with Gasteiger partial charge in [0.25, 0.3) is 5.91 Å². The molecule has 0 aliphatic heterocycles. The van der Waals surface area contributed by atoms with Gasteiger partial charge in [0, 0.05) is 12.6 Å². The molecule has 3 N–H and O–H groups in total. The molecular weight excluding hydrogens is 288 g/mol. The van der Waals surface area contributed by atoms with Gasteiger partial charge in [0.2, 0.25) is 0 Å². The van der Waals surface area contributed by atoms with E-state index >= 15 is 0 Å². The number of carbonyl (C=O) groups excluding carboxylic acids is 1. The summed E-state index contributed by atoms with van der Waals surface area (Å²) in [6.07, 6.45) is 5.14. The zero-order valence-corrected chi connectivity index (χ0v) is 13.0. The molecule has 0 bridgehead atoms. The van der Waals surface area contributed by atoms with Crippen LogP contribution in [0.4, 0.5) is 0 Å². The minimum absolute atomic E-state index is 0.533. The van der Waals surface area contributed by atoms with Crippen molar-refractivity contribution in [3.63, 3.8) is 0 Å². The fourth-order valence-electron chi connectivity index (χ4n) is 2.25. The molecule has 4 nitrogen and oxygen atoms in total. The third-order valence-electron chi connectivity index (χ3n) is 3.51. The summed E-state index contributed by atoms with van der Waals surface area (Å²) in [5.74, 6) is -0.533. The highest BCUT2D eigenvalue weighted by molar-refractivity contribution is 5.90. The number of rotatable bonds is 8. The average Bonchev–Trinajstić information content (AvgIpc) is 2.61. The van der Waals surface area contributed by atoms with Gasteiger partial charge in [0.1, 0.15) is 0 Å². The summed E-state index contributed by atoms with van der Waals surface area (Å²) >= 11 is 0. The third kappa shape index (κ3) is 6.46. The van der Waals surface area contributed by atoms with Crippen molar-refractivity contribution < 1.29 is 10.0 Å². The van der Waals surface area contributed by atoms with E-state index in [4.69, 9.17) is 5.21 Å². The van der Waals surface area contributed by atoms with Crippen molar-refractivity contribution in [2.75, 3.05) is 6.54 Å². The lowest BCUT2D eigenvalue weighted by Crippen LogP contribution is -2.15. The predicted octanol–water partition coefficient (Wildman–Crippen LogP) is 2.93. The van der Waals surface area contributed by atoms with Crippen LogP contribution >= 0.6 is 0 Å². The van der Waals surface area contributed by atoms with E-state index in [0.29, 0.717) is 0 Å². The van der Waals surface area contributed by atoms with E-state index in [-0.39, 0.29) is 0 Å². The van der Waals surface area contributed by atoms with Crippen LogP contribution in [0, 0.1) is 0 Å². The van der Waals surface area contributed by atoms with Gasteiger partial charge in [-0.25, -0.2) is 5.48 Å². The van der Waals surface area contributed by atoms with Crippen LogP contribution < -0.4 is 10.8 Å². The van der Waals surface area contributed by atoms with Gasteiger partial charge in [-0.2, -0.15) is 0 Å². The minimum Gasteiger partial charge on any atom is -0.313 e. The van der Waals surface area contributed by atoms with Gasteiger partial charge in [-0.3, -0.25) is 10.0 Å². The van der Waals surface area contributed by atoms with Crippen LogP contribution in [0.5, 0.6) is 0 Å². The summed E-state index contributed by atoms with van der Waals surface area (Å²) in [6, 6.07) is 18.4. The molecule has 0 radical (unpaired) electrons. The average molecular weight is 310 g/mol. The number of nitrogens with one attached hydrogen (secondary N) is 2. The van der Waals surface area contributed by atoms with E-state index in [0.717, 1.165) is 31.5 Å². The highest BCUT2D eigenvalue weighted by Crippen LogP contribution is 2.06.